The van der Waals surface area contributed by atoms with Gasteiger partial charge in [-0.3, -0.25) is 19.8 Å². The van der Waals surface area contributed by atoms with Gasteiger partial charge in [0.1, 0.15) is 11.5 Å². The average Bonchev–Trinajstić information content (AvgIpc) is 3.28. The Balaban J connectivity index is 1.62. The number of nitro benzene ring substituents is 1. The lowest BCUT2D eigenvalue weighted by Gasteiger charge is -2.16. The number of carbonyl (C=O) groups excluding carboxylic acids is 1. The third-order valence-electron chi connectivity index (χ3n) is 4.19. The lowest BCUT2D eigenvalue weighted by molar-refractivity contribution is -0.384. The highest BCUT2D eigenvalue weighted by atomic mass is 35.5. The van der Waals surface area contributed by atoms with E-state index >= 15 is 0 Å². The fourth-order valence-corrected chi connectivity index (χ4v) is 4.58. The van der Waals surface area contributed by atoms with E-state index in [4.69, 9.17) is 39.8 Å². The minimum atomic E-state index is -0.472. The van der Waals surface area contributed by atoms with E-state index in [1.165, 1.54) is 17.0 Å². The predicted octanol–water partition coefficient (Wildman–Crippen LogP) is 6.57. The van der Waals surface area contributed by atoms with Gasteiger partial charge in [-0.2, -0.15) is 0 Å². The number of halogens is 2. The topological polar surface area (TPSA) is 76.6 Å². The molecular formula is C20H10Cl2N2O4S2. The van der Waals surface area contributed by atoms with Crippen LogP contribution in [0.4, 0.5) is 11.4 Å². The molecule has 1 amide bonds. The van der Waals surface area contributed by atoms with Gasteiger partial charge in [0.15, 0.2) is 4.32 Å². The van der Waals surface area contributed by atoms with Crippen LogP contribution in [0.15, 0.2) is 63.9 Å². The molecule has 0 bridgehead atoms. The summed E-state index contributed by atoms with van der Waals surface area (Å²) in [5, 5.41) is 11.7. The van der Waals surface area contributed by atoms with Crippen molar-refractivity contribution >= 4 is 74.9 Å². The molecular weight excluding hydrogens is 467 g/mol. The van der Waals surface area contributed by atoms with Gasteiger partial charge >= 0.3 is 0 Å². The summed E-state index contributed by atoms with van der Waals surface area (Å²) in [5.74, 6) is 0.530. The van der Waals surface area contributed by atoms with Crippen molar-refractivity contribution in [1.29, 1.82) is 0 Å². The van der Waals surface area contributed by atoms with E-state index in [1.54, 1.807) is 48.5 Å². The van der Waals surface area contributed by atoms with Gasteiger partial charge in [0.05, 0.1) is 20.5 Å². The number of non-ortho nitro benzene ring substituents is 1. The second-order valence-electron chi connectivity index (χ2n) is 6.12. The van der Waals surface area contributed by atoms with Crippen LogP contribution in [0, 0.1) is 10.1 Å². The summed E-state index contributed by atoms with van der Waals surface area (Å²) in [6.45, 7) is 0. The Morgan fingerprint density at radius 3 is 2.67 bits per heavy atom. The van der Waals surface area contributed by atoms with Crippen molar-refractivity contribution in [2.75, 3.05) is 4.90 Å². The Kier molecular flexibility index (Phi) is 5.66. The Morgan fingerprint density at radius 2 is 1.93 bits per heavy atom. The van der Waals surface area contributed by atoms with E-state index in [-0.39, 0.29) is 11.6 Å². The standard InChI is InChI=1S/C20H10Cl2N2O4S2/c21-12-4-6-16(15(22)9-12)23-19(25)18(30-20(23)29)10-14-5-7-17(28-14)11-2-1-3-13(8-11)24(26)27/h1-10H/b18-10+. The first-order valence-corrected chi connectivity index (χ1v) is 10.4. The summed E-state index contributed by atoms with van der Waals surface area (Å²) in [4.78, 5) is 25.1. The van der Waals surface area contributed by atoms with Crippen LogP contribution in [-0.2, 0) is 4.79 Å². The highest BCUT2D eigenvalue weighted by molar-refractivity contribution is 8.27. The van der Waals surface area contributed by atoms with E-state index < -0.39 is 4.92 Å². The lowest BCUT2D eigenvalue weighted by Crippen LogP contribution is -2.27. The SMILES string of the molecule is O=C1/C(=C\c2ccc(-c3cccc([N+](=O)[O-])c3)o2)SC(=S)N1c1ccc(Cl)cc1Cl. The third-order valence-corrected chi connectivity index (χ3v) is 6.03. The number of benzene rings is 2. The van der Waals surface area contributed by atoms with E-state index in [2.05, 4.69) is 0 Å². The minimum Gasteiger partial charge on any atom is -0.457 e. The molecule has 30 heavy (non-hydrogen) atoms. The molecule has 0 radical (unpaired) electrons. The van der Waals surface area contributed by atoms with Gasteiger partial charge < -0.3 is 4.42 Å². The van der Waals surface area contributed by atoms with Gasteiger partial charge in [0, 0.05) is 28.8 Å². The summed E-state index contributed by atoms with van der Waals surface area (Å²) < 4.78 is 6.09. The normalized spacial score (nSPS) is 15.3. The van der Waals surface area contributed by atoms with E-state index in [9.17, 15) is 14.9 Å². The zero-order chi connectivity index (χ0) is 21.4. The molecule has 0 N–H and O–H groups in total. The molecule has 10 heteroatoms. The fourth-order valence-electron chi connectivity index (χ4n) is 2.83. The molecule has 2 aromatic carbocycles. The van der Waals surface area contributed by atoms with E-state index in [0.29, 0.717) is 42.0 Å². The van der Waals surface area contributed by atoms with Gasteiger partial charge in [0.2, 0.25) is 0 Å². The Labute approximate surface area is 190 Å². The largest absolute Gasteiger partial charge is 0.457 e. The summed E-state index contributed by atoms with van der Waals surface area (Å²) in [6.07, 6.45) is 1.57. The smallest absolute Gasteiger partial charge is 0.270 e. The number of nitro groups is 1. The van der Waals surface area contributed by atoms with Crippen molar-refractivity contribution in [3.05, 3.63) is 85.4 Å². The van der Waals surface area contributed by atoms with Crippen LogP contribution < -0.4 is 4.90 Å². The number of rotatable bonds is 4. The van der Waals surface area contributed by atoms with Crippen molar-refractivity contribution in [2.24, 2.45) is 0 Å². The lowest BCUT2D eigenvalue weighted by atomic mass is 10.1. The number of thioether (sulfide) groups is 1. The molecule has 2 heterocycles. The molecule has 0 spiro atoms. The Bertz CT molecular complexity index is 1240. The van der Waals surface area contributed by atoms with Gasteiger partial charge in [-0.15, -0.1) is 0 Å². The van der Waals surface area contributed by atoms with Crippen molar-refractivity contribution in [3.63, 3.8) is 0 Å². The fraction of sp³-hybridized carbons (Fsp3) is 0. The molecule has 1 aliphatic heterocycles. The second-order valence-corrected chi connectivity index (χ2v) is 8.64. The average molecular weight is 477 g/mol. The van der Waals surface area contributed by atoms with Gasteiger partial charge in [0.25, 0.3) is 11.6 Å². The highest BCUT2D eigenvalue weighted by Crippen LogP contribution is 2.40. The van der Waals surface area contributed by atoms with Crippen molar-refractivity contribution in [1.82, 2.24) is 0 Å². The Hall–Kier alpha value is -2.65. The predicted molar refractivity (Wildman–Crippen MR) is 123 cm³/mol. The highest BCUT2D eigenvalue weighted by Gasteiger charge is 2.34. The quantitative estimate of drug-likeness (QED) is 0.183. The number of carbonyl (C=O) groups is 1. The molecule has 4 rings (SSSR count). The van der Waals surface area contributed by atoms with Crippen LogP contribution >= 0.6 is 47.2 Å². The van der Waals surface area contributed by atoms with Crippen molar-refractivity contribution < 1.29 is 14.1 Å². The first kappa shape index (κ1) is 20.6. The van der Waals surface area contributed by atoms with Crippen molar-refractivity contribution in [2.45, 2.75) is 0 Å². The Morgan fingerprint density at radius 1 is 1.13 bits per heavy atom. The molecule has 1 aromatic heterocycles. The number of thiocarbonyl (C=S) groups is 1. The van der Waals surface area contributed by atoms with E-state index in [1.807, 2.05) is 0 Å². The summed E-state index contributed by atoms with van der Waals surface area (Å²) >= 11 is 18.6. The zero-order valence-electron chi connectivity index (χ0n) is 14.9. The minimum absolute atomic E-state index is 0.0360. The maximum absolute atomic E-state index is 12.9. The molecule has 0 atom stereocenters. The molecule has 1 fully saturated rings. The summed E-state index contributed by atoms with van der Waals surface area (Å²) in [5.41, 5.74) is 0.971. The summed E-state index contributed by atoms with van der Waals surface area (Å²) in [6, 6.07) is 14.3. The number of anilines is 1. The van der Waals surface area contributed by atoms with E-state index in [0.717, 1.165) is 11.8 Å². The number of hydrogen-bond donors (Lipinski definition) is 0. The van der Waals surface area contributed by atoms with Crippen LogP contribution in [0.5, 0.6) is 0 Å². The van der Waals surface area contributed by atoms with Crippen LogP contribution in [-0.4, -0.2) is 15.2 Å². The third kappa shape index (κ3) is 3.99. The molecule has 1 aliphatic rings. The van der Waals surface area contributed by atoms with Gasteiger partial charge in [-0.1, -0.05) is 59.3 Å². The van der Waals surface area contributed by atoms with Crippen LogP contribution in [0.2, 0.25) is 10.0 Å². The number of furan rings is 1. The molecule has 150 valence electrons. The van der Waals surface area contributed by atoms with Crippen LogP contribution in [0.3, 0.4) is 0 Å². The molecule has 0 aliphatic carbocycles. The molecule has 6 nitrogen and oxygen atoms in total. The zero-order valence-corrected chi connectivity index (χ0v) is 18.0. The maximum atomic E-state index is 12.9. The molecule has 0 unspecified atom stereocenters. The monoisotopic (exact) mass is 476 g/mol. The van der Waals surface area contributed by atoms with Crippen molar-refractivity contribution in [3.8, 4) is 11.3 Å². The second kappa shape index (κ2) is 8.23. The summed E-state index contributed by atoms with van der Waals surface area (Å²) in [7, 11) is 0. The first-order chi connectivity index (χ1) is 14.3. The molecule has 3 aromatic rings. The molecule has 1 saturated heterocycles. The van der Waals surface area contributed by atoms with Crippen LogP contribution in [0.25, 0.3) is 17.4 Å². The number of amides is 1. The van der Waals surface area contributed by atoms with Gasteiger partial charge in [-0.25, -0.2) is 0 Å². The maximum Gasteiger partial charge on any atom is 0.270 e. The van der Waals surface area contributed by atoms with Crippen LogP contribution in [0.1, 0.15) is 5.76 Å². The first-order valence-electron chi connectivity index (χ1n) is 8.41. The van der Waals surface area contributed by atoms with Gasteiger partial charge in [-0.05, 0) is 30.3 Å². The molecule has 0 saturated carbocycles. The number of hydrogen-bond acceptors (Lipinski definition) is 6. The number of nitrogens with zero attached hydrogens (tertiary/aromatic N) is 2.